The van der Waals surface area contributed by atoms with Crippen LogP contribution in [0.2, 0.25) is 0 Å². The lowest BCUT2D eigenvalue weighted by Gasteiger charge is -2.24. The van der Waals surface area contributed by atoms with Crippen LogP contribution in [-0.2, 0) is 17.9 Å². The number of nitrogens with two attached hydrogens (primary N) is 1. The molecule has 1 amide bonds. The molecule has 27 heavy (non-hydrogen) atoms. The Morgan fingerprint density at radius 3 is 2.67 bits per heavy atom. The van der Waals surface area contributed by atoms with E-state index in [0.717, 1.165) is 38.2 Å². The quantitative estimate of drug-likeness (QED) is 0.881. The van der Waals surface area contributed by atoms with E-state index >= 15 is 0 Å². The molecule has 2 aliphatic carbocycles. The van der Waals surface area contributed by atoms with Crippen LogP contribution in [0, 0.1) is 11.3 Å². The van der Waals surface area contributed by atoms with E-state index in [2.05, 4.69) is 13.8 Å². The smallest absolute Gasteiger partial charge is 0.404 e. The van der Waals surface area contributed by atoms with Crippen LogP contribution in [0.3, 0.4) is 0 Å². The summed E-state index contributed by atoms with van der Waals surface area (Å²) in [5.41, 5.74) is 8.32. The molecule has 0 bridgehead atoms. The second kappa shape index (κ2) is 5.24. The second-order valence-corrected chi connectivity index (χ2v) is 8.63. The molecule has 1 aromatic rings. The van der Waals surface area contributed by atoms with E-state index in [1.54, 1.807) is 0 Å². The van der Waals surface area contributed by atoms with Crippen molar-refractivity contribution in [2.24, 2.45) is 17.1 Å². The summed E-state index contributed by atoms with van der Waals surface area (Å²) in [6, 6.07) is 0. The molecule has 1 aromatic heterocycles. The molecular formula is C20H23N3O4. The number of carbonyl (C=O) groups is 3. The van der Waals surface area contributed by atoms with Crippen molar-refractivity contribution in [3.05, 3.63) is 34.3 Å². The van der Waals surface area contributed by atoms with Crippen LogP contribution < -0.4 is 5.73 Å². The Labute approximate surface area is 157 Å². The average Bonchev–Trinajstić information content (AvgIpc) is 3.12. The topological polar surface area (TPSA) is 94.6 Å². The Bertz CT molecular complexity index is 934. The Morgan fingerprint density at radius 1 is 1.30 bits per heavy atom. The fourth-order valence-electron chi connectivity index (χ4n) is 5.43. The SMILES string of the molecule is CC1(C)C2Cn3c4c(c(COC(N)=O)c3C21)C(=O)C(N1CCCC1)=CC4=O. The van der Waals surface area contributed by atoms with Crippen LogP contribution in [-0.4, -0.2) is 40.2 Å². The van der Waals surface area contributed by atoms with Gasteiger partial charge in [-0.3, -0.25) is 9.59 Å². The van der Waals surface area contributed by atoms with Crippen molar-refractivity contribution in [2.75, 3.05) is 13.1 Å². The van der Waals surface area contributed by atoms with Gasteiger partial charge in [0, 0.05) is 42.9 Å². The zero-order chi connectivity index (χ0) is 19.1. The number of allylic oxidation sites excluding steroid dienone is 2. The van der Waals surface area contributed by atoms with Gasteiger partial charge in [0.05, 0.1) is 11.3 Å². The van der Waals surface area contributed by atoms with E-state index < -0.39 is 6.09 Å². The van der Waals surface area contributed by atoms with E-state index in [9.17, 15) is 14.4 Å². The number of ketones is 2. The molecule has 0 aromatic carbocycles. The van der Waals surface area contributed by atoms with Gasteiger partial charge in [-0.15, -0.1) is 0 Å². The van der Waals surface area contributed by atoms with Gasteiger partial charge in [-0.1, -0.05) is 13.8 Å². The molecule has 0 spiro atoms. The predicted octanol–water partition coefficient (Wildman–Crippen LogP) is 2.20. The van der Waals surface area contributed by atoms with Crippen LogP contribution in [0.15, 0.2) is 11.8 Å². The van der Waals surface area contributed by atoms with E-state index in [4.69, 9.17) is 10.5 Å². The van der Waals surface area contributed by atoms with Crippen LogP contribution in [0.25, 0.3) is 0 Å². The van der Waals surface area contributed by atoms with Gasteiger partial charge in [0.2, 0.25) is 11.6 Å². The minimum absolute atomic E-state index is 0.0639. The highest BCUT2D eigenvalue weighted by Gasteiger charge is 2.64. The van der Waals surface area contributed by atoms with Gasteiger partial charge in [0.1, 0.15) is 12.3 Å². The van der Waals surface area contributed by atoms with Gasteiger partial charge >= 0.3 is 6.09 Å². The fourth-order valence-corrected chi connectivity index (χ4v) is 5.43. The third-order valence-electron chi connectivity index (χ3n) is 6.90. The minimum atomic E-state index is -0.877. The second-order valence-electron chi connectivity index (χ2n) is 8.63. The number of rotatable bonds is 3. The third kappa shape index (κ3) is 2.11. The normalized spacial score (nSPS) is 27.2. The first-order chi connectivity index (χ1) is 12.8. The number of ether oxygens (including phenoxy) is 1. The third-order valence-corrected chi connectivity index (χ3v) is 6.90. The lowest BCUT2D eigenvalue weighted by molar-refractivity contribution is 0.0949. The molecule has 1 saturated heterocycles. The van der Waals surface area contributed by atoms with Gasteiger partial charge in [-0.25, -0.2) is 4.79 Å². The van der Waals surface area contributed by atoms with E-state index in [0.29, 0.717) is 28.4 Å². The monoisotopic (exact) mass is 369 g/mol. The van der Waals surface area contributed by atoms with Crippen LogP contribution >= 0.6 is 0 Å². The largest absolute Gasteiger partial charge is 0.445 e. The van der Waals surface area contributed by atoms with Crippen molar-refractivity contribution in [1.82, 2.24) is 9.47 Å². The first kappa shape index (κ1) is 16.6. The maximum Gasteiger partial charge on any atom is 0.404 e. The minimum Gasteiger partial charge on any atom is -0.445 e. The predicted molar refractivity (Wildman–Crippen MR) is 96.4 cm³/mol. The van der Waals surface area contributed by atoms with Crippen molar-refractivity contribution in [1.29, 1.82) is 0 Å². The highest BCUT2D eigenvalue weighted by molar-refractivity contribution is 6.24. The van der Waals surface area contributed by atoms with E-state index in [1.807, 2.05) is 9.47 Å². The molecule has 0 radical (unpaired) electrons. The summed E-state index contributed by atoms with van der Waals surface area (Å²) >= 11 is 0. The summed E-state index contributed by atoms with van der Waals surface area (Å²) in [6.07, 6.45) is 2.66. The number of Topliss-reactive ketones (excluding diaryl/α,β-unsaturated/α-hetero) is 1. The molecule has 2 unspecified atom stereocenters. The van der Waals surface area contributed by atoms with Crippen LogP contribution in [0.4, 0.5) is 4.79 Å². The first-order valence-corrected chi connectivity index (χ1v) is 9.55. The molecule has 1 saturated carbocycles. The van der Waals surface area contributed by atoms with Gasteiger partial charge in [0.15, 0.2) is 0 Å². The maximum absolute atomic E-state index is 13.4. The average molecular weight is 369 g/mol. The summed E-state index contributed by atoms with van der Waals surface area (Å²) in [6.45, 7) is 6.66. The molecule has 7 nitrogen and oxygen atoms in total. The van der Waals surface area contributed by atoms with Crippen molar-refractivity contribution in [3.63, 3.8) is 0 Å². The van der Waals surface area contributed by atoms with Crippen molar-refractivity contribution >= 4 is 17.7 Å². The van der Waals surface area contributed by atoms with Crippen molar-refractivity contribution in [2.45, 2.75) is 45.8 Å². The number of hydrogen-bond donors (Lipinski definition) is 1. The lowest BCUT2D eigenvalue weighted by Crippen LogP contribution is -2.30. The molecule has 3 heterocycles. The molecule has 2 fully saturated rings. The summed E-state index contributed by atoms with van der Waals surface area (Å²) in [7, 11) is 0. The van der Waals surface area contributed by atoms with Crippen molar-refractivity contribution < 1.29 is 19.1 Å². The Morgan fingerprint density at radius 2 is 2.00 bits per heavy atom. The molecule has 2 N–H and O–H groups in total. The van der Waals surface area contributed by atoms with Gasteiger partial charge in [0.25, 0.3) is 0 Å². The number of likely N-dealkylation sites (tertiary alicyclic amines) is 1. The van der Waals surface area contributed by atoms with Crippen molar-refractivity contribution in [3.8, 4) is 0 Å². The number of aromatic nitrogens is 1. The molecule has 4 aliphatic rings. The first-order valence-electron chi connectivity index (χ1n) is 9.55. The van der Waals surface area contributed by atoms with Crippen LogP contribution in [0.5, 0.6) is 0 Å². The Kier molecular flexibility index (Phi) is 3.22. The molecule has 7 heteroatoms. The molecule has 5 rings (SSSR count). The maximum atomic E-state index is 13.4. The van der Waals surface area contributed by atoms with Gasteiger partial charge in [-0.05, 0) is 24.2 Å². The summed E-state index contributed by atoms with van der Waals surface area (Å²) in [5.74, 6) is 0.478. The summed E-state index contributed by atoms with van der Waals surface area (Å²) < 4.78 is 7.08. The van der Waals surface area contributed by atoms with Gasteiger partial charge in [-0.2, -0.15) is 0 Å². The number of amides is 1. The summed E-state index contributed by atoms with van der Waals surface area (Å²) in [4.78, 5) is 39.6. The number of hydrogen-bond acceptors (Lipinski definition) is 5. The zero-order valence-corrected chi connectivity index (χ0v) is 15.6. The van der Waals surface area contributed by atoms with E-state index in [1.165, 1.54) is 6.08 Å². The number of primary amides is 1. The molecular weight excluding hydrogens is 346 g/mol. The number of carbonyl (C=O) groups excluding carboxylic acids is 3. The molecule has 142 valence electrons. The highest BCUT2D eigenvalue weighted by Crippen LogP contribution is 2.69. The zero-order valence-electron chi connectivity index (χ0n) is 15.6. The fraction of sp³-hybridized carbons (Fsp3) is 0.550. The molecule has 2 atom stereocenters. The van der Waals surface area contributed by atoms with E-state index in [-0.39, 0.29) is 29.5 Å². The summed E-state index contributed by atoms with van der Waals surface area (Å²) in [5, 5.41) is 0. The molecule has 2 aliphatic heterocycles. The number of fused-ring (bicyclic) bond motifs is 5. The highest BCUT2D eigenvalue weighted by atomic mass is 16.5. The number of nitrogens with zero attached hydrogens (tertiary/aromatic N) is 2. The Balaban J connectivity index is 1.64. The Hall–Kier alpha value is -2.57. The lowest BCUT2D eigenvalue weighted by atomic mass is 9.93. The standard InChI is InChI=1S/C20H23N3O4/c1-20(2)11-8-23-16(15(11)20)10(9-27-19(21)26)14-17(23)13(24)7-12(18(14)25)22-5-3-4-6-22/h7,11,15H,3-6,8-9H2,1-2H3,(H2,21,26). The van der Waals surface area contributed by atoms with Crippen LogP contribution in [0.1, 0.15) is 64.7 Å². The van der Waals surface area contributed by atoms with Gasteiger partial charge < -0.3 is 19.9 Å².